The molecule has 0 radical (unpaired) electrons. The fraction of sp³-hybridized carbons (Fsp3) is 0.867. The molecule has 0 amide bonds. The highest BCUT2D eigenvalue weighted by Gasteiger charge is 2.29. The second-order valence-corrected chi connectivity index (χ2v) is 5.68. The number of hydrogen-bond acceptors (Lipinski definition) is 3. The molecule has 1 fully saturated rings. The van der Waals surface area contributed by atoms with Gasteiger partial charge in [-0.25, -0.2) is 0 Å². The van der Waals surface area contributed by atoms with Crippen molar-refractivity contribution in [1.29, 1.82) is 0 Å². The van der Waals surface area contributed by atoms with Gasteiger partial charge in [0.25, 0.3) is 0 Å². The fourth-order valence-corrected chi connectivity index (χ4v) is 2.61. The first-order chi connectivity index (χ1) is 8.58. The van der Waals surface area contributed by atoms with Crippen molar-refractivity contribution in [2.45, 2.75) is 45.2 Å². The highest BCUT2D eigenvalue weighted by atomic mass is 15.3. The molecule has 0 bridgehead atoms. The molecule has 1 aliphatic heterocycles. The maximum absolute atomic E-state index is 4.19. The number of hydrogen-bond donors (Lipinski definition) is 1. The number of piperazine rings is 1. The molecule has 1 aliphatic rings. The van der Waals surface area contributed by atoms with Crippen molar-refractivity contribution in [1.82, 2.24) is 15.1 Å². The highest BCUT2D eigenvalue weighted by molar-refractivity contribution is 5.01. The van der Waals surface area contributed by atoms with Crippen LogP contribution in [-0.2, 0) is 0 Å². The molecule has 0 saturated carbocycles. The molecule has 106 valence electrons. The maximum atomic E-state index is 4.19. The first kappa shape index (κ1) is 15.7. The highest BCUT2D eigenvalue weighted by Crippen LogP contribution is 2.17. The van der Waals surface area contributed by atoms with Gasteiger partial charge in [-0.1, -0.05) is 26.0 Å². The minimum Gasteiger partial charge on any atom is -0.312 e. The lowest BCUT2D eigenvalue weighted by Crippen LogP contribution is -2.58. The molecule has 0 aromatic carbocycles. The van der Waals surface area contributed by atoms with E-state index in [1.165, 1.54) is 25.1 Å². The van der Waals surface area contributed by atoms with Crippen LogP contribution in [0.25, 0.3) is 0 Å². The van der Waals surface area contributed by atoms with Crippen molar-refractivity contribution >= 4 is 0 Å². The van der Waals surface area contributed by atoms with Gasteiger partial charge in [0.1, 0.15) is 0 Å². The molecule has 1 rings (SSSR count). The Morgan fingerprint density at radius 3 is 2.67 bits per heavy atom. The Labute approximate surface area is 113 Å². The van der Waals surface area contributed by atoms with Crippen LogP contribution in [0.15, 0.2) is 12.2 Å². The predicted octanol–water partition coefficient (Wildman–Crippen LogP) is 1.96. The molecule has 0 aromatic heterocycles. The van der Waals surface area contributed by atoms with E-state index in [4.69, 9.17) is 0 Å². The zero-order chi connectivity index (χ0) is 13.5. The van der Waals surface area contributed by atoms with Gasteiger partial charge in [-0.05, 0) is 39.9 Å². The number of nitrogens with one attached hydrogen (secondary N) is 1. The van der Waals surface area contributed by atoms with Crippen LogP contribution < -0.4 is 5.32 Å². The second kappa shape index (κ2) is 7.93. The third kappa shape index (κ3) is 4.71. The first-order valence-corrected chi connectivity index (χ1v) is 7.37. The molecule has 0 spiro atoms. The summed E-state index contributed by atoms with van der Waals surface area (Å²) in [6, 6.07) is 1.16. The molecule has 2 unspecified atom stereocenters. The molecular formula is C15H31N3. The fourth-order valence-electron chi connectivity index (χ4n) is 2.61. The SMILES string of the molecule is C=C(CC)CC(NCCC)C1CN(C)CCN1C. The summed E-state index contributed by atoms with van der Waals surface area (Å²) in [5, 5.41) is 3.73. The molecular weight excluding hydrogens is 222 g/mol. The Bertz CT molecular complexity index is 252. The van der Waals surface area contributed by atoms with Crippen molar-refractivity contribution in [3.05, 3.63) is 12.2 Å². The maximum Gasteiger partial charge on any atom is 0.0377 e. The van der Waals surface area contributed by atoms with Gasteiger partial charge < -0.3 is 10.2 Å². The van der Waals surface area contributed by atoms with Crippen LogP contribution in [-0.4, -0.2) is 62.2 Å². The third-order valence-corrected chi connectivity index (χ3v) is 4.03. The lowest BCUT2D eigenvalue weighted by Gasteiger charge is -2.42. The van der Waals surface area contributed by atoms with E-state index in [1.807, 2.05) is 0 Å². The smallest absolute Gasteiger partial charge is 0.0377 e. The molecule has 1 N–H and O–H groups in total. The van der Waals surface area contributed by atoms with Crippen LogP contribution >= 0.6 is 0 Å². The second-order valence-electron chi connectivity index (χ2n) is 5.68. The molecule has 3 nitrogen and oxygen atoms in total. The summed E-state index contributed by atoms with van der Waals surface area (Å²) in [5.74, 6) is 0. The molecule has 2 atom stereocenters. The van der Waals surface area contributed by atoms with Gasteiger partial charge in [0.05, 0.1) is 0 Å². The van der Waals surface area contributed by atoms with E-state index >= 15 is 0 Å². The van der Waals surface area contributed by atoms with Crippen molar-refractivity contribution < 1.29 is 0 Å². The van der Waals surface area contributed by atoms with E-state index in [0.29, 0.717) is 12.1 Å². The van der Waals surface area contributed by atoms with E-state index in [0.717, 1.165) is 25.9 Å². The lowest BCUT2D eigenvalue weighted by molar-refractivity contribution is 0.0875. The van der Waals surface area contributed by atoms with Gasteiger partial charge in [0.2, 0.25) is 0 Å². The normalized spacial score (nSPS) is 24.1. The minimum absolute atomic E-state index is 0.546. The Morgan fingerprint density at radius 2 is 2.06 bits per heavy atom. The largest absolute Gasteiger partial charge is 0.312 e. The monoisotopic (exact) mass is 253 g/mol. The van der Waals surface area contributed by atoms with Crippen molar-refractivity contribution in [3.8, 4) is 0 Å². The topological polar surface area (TPSA) is 18.5 Å². The van der Waals surface area contributed by atoms with Gasteiger partial charge in [0.15, 0.2) is 0 Å². The Morgan fingerprint density at radius 1 is 1.33 bits per heavy atom. The number of nitrogens with zero attached hydrogens (tertiary/aromatic N) is 2. The quantitative estimate of drug-likeness (QED) is 0.700. The summed E-state index contributed by atoms with van der Waals surface area (Å²) < 4.78 is 0. The lowest BCUT2D eigenvalue weighted by atomic mass is 9.96. The molecule has 0 aromatic rings. The van der Waals surface area contributed by atoms with E-state index < -0.39 is 0 Å². The van der Waals surface area contributed by atoms with E-state index in [1.54, 1.807) is 0 Å². The number of rotatable bonds is 7. The summed E-state index contributed by atoms with van der Waals surface area (Å²) in [5.41, 5.74) is 1.37. The Balaban J connectivity index is 2.63. The molecule has 1 heterocycles. The average molecular weight is 253 g/mol. The van der Waals surface area contributed by atoms with Gasteiger partial charge in [0, 0.05) is 31.7 Å². The summed E-state index contributed by atoms with van der Waals surface area (Å²) in [4.78, 5) is 4.95. The first-order valence-electron chi connectivity index (χ1n) is 7.37. The van der Waals surface area contributed by atoms with Crippen molar-refractivity contribution in [2.75, 3.05) is 40.3 Å². The molecule has 1 saturated heterocycles. The van der Waals surface area contributed by atoms with Crippen LogP contribution in [0.5, 0.6) is 0 Å². The zero-order valence-corrected chi connectivity index (χ0v) is 12.7. The summed E-state index contributed by atoms with van der Waals surface area (Å²) >= 11 is 0. The van der Waals surface area contributed by atoms with E-state index in [-0.39, 0.29) is 0 Å². The molecule has 18 heavy (non-hydrogen) atoms. The predicted molar refractivity (Wildman–Crippen MR) is 80.0 cm³/mol. The standard InChI is InChI=1S/C15H31N3/c1-6-8-16-14(11-13(3)7-2)15-12-17(4)9-10-18(15)5/h14-16H,3,6-12H2,1-2,4-5H3. The average Bonchev–Trinajstić information content (AvgIpc) is 2.37. The zero-order valence-electron chi connectivity index (χ0n) is 12.7. The van der Waals surface area contributed by atoms with Crippen molar-refractivity contribution in [2.24, 2.45) is 0 Å². The Kier molecular flexibility index (Phi) is 6.90. The van der Waals surface area contributed by atoms with Crippen LogP contribution in [0.4, 0.5) is 0 Å². The van der Waals surface area contributed by atoms with Crippen LogP contribution in [0.3, 0.4) is 0 Å². The molecule has 0 aliphatic carbocycles. The van der Waals surface area contributed by atoms with Gasteiger partial charge >= 0.3 is 0 Å². The molecule has 3 heteroatoms. The van der Waals surface area contributed by atoms with Gasteiger partial charge in [-0.2, -0.15) is 0 Å². The Hall–Kier alpha value is -0.380. The van der Waals surface area contributed by atoms with E-state index in [2.05, 4.69) is 49.6 Å². The summed E-state index contributed by atoms with van der Waals surface area (Å²) in [7, 11) is 4.48. The third-order valence-electron chi connectivity index (χ3n) is 4.03. The van der Waals surface area contributed by atoms with Gasteiger partial charge in [-0.3, -0.25) is 4.90 Å². The van der Waals surface area contributed by atoms with Crippen LogP contribution in [0, 0.1) is 0 Å². The number of likely N-dealkylation sites (N-methyl/N-ethyl adjacent to an activating group) is 2. The van der Waals surface area contributed by atoms with Gasteiger partial charge in [-0.15, -0.1) is 0 Å². The van der Waals surface area contributed by atoms with Crippen molar-refractivity contribution in [3.63, 3.8) is 0 Å². The summed E-state index contributed by atoms with van der Waals surface area (Å²) in [6.07, 6.45) is 3.40. The van der Waals surface area contributed by atoms with E-state index in [9.17, 15) is 0 Å². The van der Waals surface area contributed by atoms with Crippen LogP contribution in [0.1, 0.15) is 33.1 Å². The summed E-state index contributed by atoms with van der Waals surface area (Å²) in [6.45, 7) is 13.2. The minimum atomic E-state index is 0.546. The van der Waals surface area contributed by atoms with Crippen LogP contribution in [0.2, 0.25) is 0 Å².